The lowest BCUT2D eigenvalue weighted by Crippen LogP contribution is -2.48. The van der Waals surface area contributed by atoms with E-state index in [1.54, 1.807) is 25.4 Å². The lowest BCUT2D eigenvalue weighted by molar-refractivity contribution is -0.122. The molecule has 0 spiro atoms. The summed E-state index contributed by atoms with van der Waals surface area (Å²) in [5.74, 6) is -1.01. The fourth-order valence-corrected chi connectivity index (χ4v) is 4.31. The summed E-state index contributed by atoms with van der Waals surface area (Å²) in [6.07, 6.45) is 3.88. The van der Waals surface area contributed by atoms with E-state index in [1.165, 1.54) is 18.2 Å². The number of carbonyl (C=O) groups excluding carboxylic acids is 1. The normalized spacial score (nSPS) is 12.8. The zero-order chi connectivity index (χ0) is 20.9. The molecule has 1 amide bonds. The van der Waals surface area contributed by atoms with E-state index in [0.717, 1.165) is 16.6 Å². The number of fused-ring (bicyclic) bond motifs is 1. The van der Waals surface area contributed by atoms with Gasteiger partial charge in [-0.2, -0.15) is 0 Å². The second-order valence-corrected chi connectivity index (χ2v) is 8.67. The minimum absolute atomic E-state index is 0.0433. The number of aromatic nitrogens is 2. The number of hydrogen-bond donors (Lipinski definition) is 3. The van der Waals surface area contributed by atoms with Gasteiger partial charge in [0, 0.05) is 24.3 Å². The SMILES string of the molecule is CCCS(=O)(=O)NC(Cc1cccc(F)c1)C(=O)NCc1cnc2[nH]ccc2c1. The van der Waals surface area contributed by atoms with Crippen LogP contribution >= 0.6 is 0 Å². The molecule has 3 aromatic rings. The van der Waals surface area contributed by atoms with Crippen LogP contribution in [0.25, 0.3) is 11.0 Å². The zero-order valence-corrected chi connectivity index (χ0v) is 16.8. The lowest BCUT2D eigenvalue weighted by atomic mass is 10.1. The van der Waals surface area contributed by atoms with Crippen LogP contribution in [0, 0.1) is 5.82 Å². The number of rotatable bonds is 9. The summed E-state index contributed by atoms with van der Waals surface area (Å²) in [5.41, 5.74) is 2.06. The molecule has 3 rings (SSSR count). The molecule has 0 aliphatic heterocycles. The molecule has 1 atom stereocenters. The number of halogens is 1. The van der Waals surface area contributed by atoms with Gasteiger partial charge in [0.05, 0.1) is 5.75 Å². The first-order valence-electron chi connectivity index (χ1n) is 9.30. The zero-order valence-electron chi connectivity index (χ0n) is 16.0. The third kappa shape index (κ3) is 5.85. The topological polar surface area (TPSA) is 104 Å². The summed E-state index contributed by atoms with van der Waals surface area (Å²) in [7, 11) is -3.63. The highest BCUT2D eigenvalue weighted by atomic mass is 32.2. The van der Waals surface area contributed by atoms with E-state index in [4.69, 9.17) is 0 Å². The Hall–Kier alpha value is -2.78. The van der Waals surface area contributed by atoms with E-state index in [9.17, 15) is 17.6 Å². The van der Waals surface area contributed by atoms with E-state index in [1.807, 2.05) is 12.1 Å². The van der Waals surface area contributed by atoms with Crippen molar-refractivity contribution in [1.29, 1.82) is 0 Å². The number of amides is 1. The molecule has 0 aliphatic carbocycles. The predicted molar refractivity (Wildman–Crippen MR) is 109 cm³/mol. The fraction of sp³-hybridized carbons (Fsp3) is 0.300. The summed E-state index contributed by atoms with van der Waals surface area (Å²) >= 11 is 0. The summed E-state index contributed by atoms with van der Waals surface area (Å²) in [6.45, 7) is 1.94. The van der Waals surface area contributed by atoms with Crippen molar-refractivity contribution in [1.82, 2.24) is 20.0 Å². The Morgan fingerprint density at radius 3 is 2.83 bits per heavy atom. The molecule has 1 unspecified atom stereocenters. The maximum absolute atomic E-state index is 13.5. The molecule has 0 radical (unpaired) electrons. The highest BCUT2D eigenvalue weighted by Gasteiger charge is 2.24. The van der Waals surface area contributed by atoms with Crippen molar-refractivity contribution in [2.24, 2.45) is 0 Å². The maximum Gasteiger partial charge on any atom is 0.238 e. The average Bonchev–Trinajstić information content (AvgIpc) is 3.13. The van der Waals surface area contributed by atoms with E-state index in [-0.39, 0.29) is 18.7 Å². The number of carbonyl (C=O) groups is 1. The molecule has 0 saturated carbocycles. The smallest absolute Gasteiger partial charge is 0.238 e. The Balaban J connectivity index is 1.73. The second kappa shape index (κ2) is 9.15. The lowest BCUT2D eigenvalue weighted by Gasteiger charge is -2.19. The van der Waals surface area contributed by atoms with Crippen LogP contribution in [0.5, 0.6) is 0 Å². The highest BCUT2D eigenvalue weighted by Crippen LogP contribution is 2.12. The summed E-state index contributed by atoms with van der Waals surface area (Å²) in [6, 6.07) is 8.49. The molecule has 2 heterocycles. The Kier molecular flexibility index (Phi) is 6.60. The van der Waals surface area contributed by atoms with Crippen molar-refractivity contribution in [3.05, 3.63) is 65.7 Å². The molecule has 29 heavy (non-hydrogen) atoms. The van der Waals surface area contributed by atoms with Gasteiger partial charge in [-0.25, -0.2) is 22.5 Å². The molecule has 2 aromatic heterocycles. The molecule has 7 nitrogen and oxygen atoms in total. The number of aromatic amines is 1. The van der Waals surface area contributed by atoms with Gasteiger partial charge in [-0.05, 0) is 48.2 Å². The van der Waals surface area contributed by atoms with Crippen LogP contribution in [0.1, 0.15) is 24.5 Å². The Morgan fingerprint density at radius 1 is 1.24 bits per heavy atom. The highest BCUT2D eigenvalue weighted by molar-refractivity contribution is 7.89. The van der Waals surface area contributed by atoms with Crippen LogP contribution in [0.15, 0.2) is 48.8 Å². The van der Waals surface area contributed by atoms with Crippen LogP contribution in [0.2, 0.25) is 0 Å². The largest absolute Gasteiger partial charge is 0.351 e. The fourth-order valence-electron chi connectivity index (χ4n) is 3.03. The monoisotopic (exact) mass is 418 g/mol. The summed E-state index contributed by atoms with van der Waals surface area (Å²) in [5, 5.41) is 3.66. The maximum atomic E-state index is 13.5. The van der Waals surface area contributed by atoms with Crippen LogP contribution in [0.3, 0.4) is 0 Å². The predicted octanol–water partition coefficient (Wildman–Crippen LogP) is 2.26. The van der Waals surface area contributed by atoms with E-state index in [0.29, 0.717) is 12.0 Å². The van der Waals surface area contributed by atoms with Gasteiger partial charge in [0.25, 0.3) is 0 Å². The number of sulfonamides is 1. The molecule has 0 fully saturated rings. The number of nitrogens with one attached hydrogen (secondary N) is 3. The Labute approximate surface area is 168 Å². The molecule has 0 aliphatic rings. The molecule has 3 N–H and O–H groups in total. The first-order chi connectivity index (χ1) is 13.9. The van der Waals surface area contributed by atoms with Crippen LogP contribution in [-0.2, 0) is 27.8 Å². The minimum Gasteiger partial charge on any atom is -0.351 e. The van der Waals surface area contributed by atoms with Crippen molar-refractivity contribution < 1.29 is 17.6 Å². The van der Waals surface area contributed by atoms with Gasteiger partial charge < -0.3 is 10.3 Å². The van der Waals surface area contributed by atoms with Gasteiger partial charge in [-0.15, -0.1) is 0 Å². The number of nitrogens with zero attached hydrogens (tertiary/aromatic N) is 1. The van der Waals surface area contributed by atoms with Gasteiger partial charge in [0.15, 0.2) is 0 Å². The van der Waals surface area contributed by atoms with Gasteiger partial charge in [0.2, 0.25) is 15.9 Å². The van der Waals surface area contributed by atoms with Gasteiger partial charge >= 0.3 is 0 Å². The summed E-state index contributed by atoms with van der Waals surface area (Å²) < 4.78 is 40.4. The van der Waals surface area contributed by atoms with Gasteiger partial charge in [-0.3, -0.25) is 4.79 Å². The molecule has 0 bridgehead atoms. The number of H-pyrrole nitrogens is 1. The van der Waals surface area contributed by atoms with Crippen molar-refractivity contribution >= 4 is 27.0 Å². The van der Waals surface area contributed by atoms with Gasteiger partial charge in [-0.1, -0.05) is 19.1 Å². The summed E-state index contributed by atoms with van der Waals surface area (Å²) in [4.78, 5) is 20.0. The molecular formula is C20H23FN4O3S. The van der Waals surface area contributed by atoms with Crippen LogP contribution < -0.4 is 10.0 Å². The average molecular weight is 418 g/mol. The molecule has 9 heteroatoms. The number of benzene rings is 1. The van der Waals surface area contributed by atoms with Crippen LogP contribution in [0.4, 0.5) is 4.39 Å². The van der Waals surface area contributed by atoms with Gasteiger partial charge in [0.1, 0.15) is 17.5 Å². The quantitative estimate of drug-likeness (QED) is 0.496. The standard InChI is InChI=1S/C20H23FN4O3S/c1-2-8-29(27,28)25-18(11-14-4-3-5-17(21)10-14)20(26)24-13-15-9-16-6-7-22-19(16)23-12-15/h3-7,9-10,12,18,25H,2,8,11,13H2,1H3,(H,22,23)(H,24,26). The first-order valence-corrected chi connectivity index (χ1v) is 11.0. The van der Waals surface area contributed by atoms with E-state index < -0.39 is 27.8 Å². The number of hydrogen-bond acceptors (Lipinski definition) is 4. The molecule has 1 aromatic carbocycles. The third-order valence-electron chi connectivity index (χ3n) is 4.36. The van der Waals surface area contributed by atoms with E-state index in [2.05, 4.69) is 20.0 Å². The van der Waals surface area contributed by atoms with E-state index >= 15 is 0 Å². The first kappa shape index (κ1) is 20.9. The third-order valence-corrected chi connectivity index (χ3v) is 5.95. The molecular weight excluding hydrogens is 395 g/mol. The number of pyridine rings is 1. The van der Waals surface area contributed by atoms with Crippen molar-refractivity contribution in [3.63, 3.8) is 0 Å². The Bertz CT molecular complexity index is 1100. The van der Waals surface area contributed by atoms with Crippen molar-refractivity contribution in [2.75, 3.05) is 5.75 Å². The minimum atomic E-state index is -3.63. The van der Waals surface area contributed by atoms with Crippen LogP contribution in [-0.4, -0.2) is 36.1 Å². The van der Waals surface area contributed by atoms with Crippen molar-refractivity contribution in [3.8, 4) is 0 Å². The second-order valence-electron chi connectivity index (χ2n) is 6.80. The van der Waals surface area contributed by atoms with Crippen molar-refractivity contribution in [2.45, 2.75) is 32.4 Å². The molecule has 0 saturated heterocycles. The Morgan fingerprint density at radius 2 is 2.07 bits per heavy atom. The molecule has 154 valence electrons.